The van der Waals surface area contributed by atoms with Gasteiger partial charge in [-0.05, 0) is 42.8 Å². The molecule has 3 aromatic rings. The monoisotopic (exact) mass is 448 g/mol. The number of para-hydroxylation sites is 1. The van der Waals surface area contributed by atoms with Gasteiger partial charge >= 0.3 is 0 Å². The van der Waals surface area contributed by atoms with Gasteiger partial charge in [-0.25, -0.2) is 0 Å². The lowest BCUT2D eigenvalue weighted by molar-refractivity contribution is -0.111. The van der Waals surface area contributed by atoms with E-state index in [1.54, 1.807) is 32.0 Å². The van der Waals surface area contributed by atoms with E-state index in [1.165, 1.54) is 17.2 Å². The highest BCUT2D eigenvalue weighted by molar-refractivity contribution is 6.06. The molecule has 1 aromatic heterocycles. The van der Waals surface area contributed by atoms with E-state index in [0.717, 1.165) is 16.9 Å². The molecular formula is C25H28N4O4. The van der Waals surface area contributed by atoms with Crippen molar-refractivity contribution in [1.82, 2.24) is 14.7 Å². The Hall–Kier alpha value is -4.07. The number of ether oxygens (including phenoxy) is 2. The summed E-state index contributed by atoms with van der Waals surface area (Å²) in [5.74, 6) is 0.866. The zero-order valence-corrected chi connectivity index (χ0v) is 19.2. The molecule has 0 spiro atoms. The van der Waals surface area contributed by atoms with Crippen molar-refractivity contribution >= 4 is 23.6 Å². The van der Waals surface area contributed by atoms with Gasteiger partial charge in [-0.2, -0.15) is 5.10 Å². The fraction of sp³-hybridized carbons (Fsp3) is 0.240. The zero-order valence-electron chi connectivity index (χ0n) is 19.2. The standard InChI is InChI=1S/C25H28N4O4/c1-5-29-24(25(31)28(2)3)21(16-26-29)27-23(30)14-12-18-11-13-22(32-4)19(15-18)17-33-20-9-7-6-8-10-20/h6-16H,5,17H2,1-4H3,(H,27,30)/b14-12+. The summed E-state index contributed by atoms with van der Waals surface area (Å²) in [7, 11) is 4.92. The minimum atomic E-state index is -0.364. The lowest BCUT2D eigenvalue weighted by atomic mass is 10.1. The number of hydrogen-bond donors (Lipinski definition) is 1. The average molecular weight is 449 g/mol. The first-order chi connectivity index (χ1) is 15.9. The van der Waals surface area contributed by atoms with Gasteiger partial charge in [0.25, 0.3) is 5.91 Å². The number of aryl methyl sites for hydroxylation is 1. The molecule has 0 fully saturated rings. The highest BCUT2D eigenvalue weighted by Gasteiger charge is 2.20. The van der Waals surface area contributed by atoms with Crippen molar-refractivity contribution < 1.29 is 19.1 Å². The molecule has 2 aromatic carbocycles. The van der Waals surface area contributed by atoms with Crippen LogP contribution < -0.4 is 14.8 Å². The van der Waals surface area contributed by atoms with Crippen molar-refractivity contribution in [2.45, 2.75) is 20.1 Å². The third kappa shape index (κ3) is 6.00. The summed E-state index contributed by atoms with van der Waals surface area (Å²) in [5.41, 5.74) is 2.38. The van der Waals surface area contributed by atoms with E-state index in [9.17, 15) is 9.59 Å². The largest absolute Gasteiger partial charge is 0.496 e. The Balaban J connectivity index is 1.72. The maximum Gasteiger partial charge on any atom is 0.273 e. The summed E-state index contributed by atoms with van der Waals surface area (Å²) in [6.07, 6.45) is 4.59. The molecule has 0 atom stereocenters. The molecule has 0 bridgehead atoms. The fourth-order valence-corrected chi connectivity index (χ4v) is 3.19. The van der Waals surface area contributed by atoms with E-state index in [2.05, 4.69) is 10.4 Å². The van der Waals surface area contributed by atoms with Crippen molar-refractivity contribution in [2.75, 3.05) is 26.5 Å². The Morgan fingerprint density at radius 3 is 2.58 bits per heavy atom. The molecule has 0 aliphatic rings. The van der Waals surface area contributed by atoms with Crippen molar-refractivity contribution in [2.24, 2.45) is 0 Å². The van der Waals surface area contributed by atoms with Gasteiger partial charge in [0.05, 0.1) is 19.0 Å². The van der Waals surface area contributed by atoms with Crippen LogP contribution in [0.25, 0.3) is 6.08 Å². The van der Waals surface area contributed by atoms with Crippen LogP contribution in [0.1, 0.15) is 28.5 Å². The van der Waals surface area contributed by atoms with Crippen LogP contribution in [0, 0.1) is 0 Å². The number of carbonyl (C=O) groups is 2. The lowest BCUT2D eigenvalue weighted by Gasteiger charge is -2.13. The molecule has 0 aliphatic heterocycles. The summed E-state index contributed by atoms with van der Waals surface area (Å²) in [5, 5.41) is 6.94. The zero-order chi connectivity index (χ0) is 23.8. The molecule has 0 radical (unpaired) electrons. The summed E-state index contributed by atoms with van der Waals surface area (Å²) in [4.78, 5) is 26.5. The molecule has 0 saturated heterocycles. The van der Waals surface area contributed by atoms with Crippen LogP contribution >= 0.6 is 0 Å². The van der Waals surface area contributed by atoms with Crippen LogP contribution in [-0.2, 0) is 17.9 Å². The third-order valence-corrected chi connectivity index (χ3v) is 4.87. The molecule has 0 unspecified atom stereocenters. The number of hydrogen-bond acceptors (Lipinski definition) is 5. The molecule has 0 saturated carbocycles. The van der Waals surface area contributed by atoms with Crippen LogP contribution in [0.15, 0.2) is 60.8 Å². The predicted molar refractivity (Wildman–Crippen MR) is 127 cm³/mol. The first-order valence-electron chi connectivity index (χ1n) is 10.5. The Bertz CT molecular complexity index is 1140. The van der Waals surface area contributed by atoms with E-state index in [1.807, 2.05) is 55.5 Å². The van der Waals surface area contributed by atoms with Gasteiger partial charge in [0.15, 0.2) is 0 Å². The number of methoxy groups -OCH3 is 1. The van der Waals surface area contributed by atoms with Crippen molar-refractivity contribution in [3.63, 3.8) is 0 Å². The number of rotatable bonds is 9. The summed E-state index contributed by atoms with van der Waals surface area (Å²) in [6.45, 7) is 2.72. The Kier molecular flexibility index (Phi) is 7.86. The quantitative estimate of drug-likeness (QED) is 0.503. The number of nitrogens with zero attached hydrogens (tertiary/aromatic N) is 3. The third-order valence-electron chi connectivity index (χ3n) is 4.87. The summed E-state index contributed by atoms with van der Waals surface area (Å²) in [6, 6.07) is 15.1. The molecule has 33 heavy (non-hydrogen) atoms. The average Bonchev–Trinajstić information content (AvgIpc) is 3.23. The van der Waals surface area contributed by atoms with Crippen LogP contribution in [0.2, 0.25) is 0 Å². The molecule has 2 amide bonds. The second-order valence-corrected chi connectivity index (χ2v) is 7.42. The predicted octanol–water partition coefficient (Wildman–Crippen LogP) is 3.84. The van der Waals surface area contributed by atoms with Crippen molar-refractivity contribution in [3.8, 4) is 11.5 Å². The van der Waals surface area contributed by atoms with Crippen LogP contribution in [0.4, 0.5) is 5.69 Å². The van der Waals surface area contributed by atoms with Gasteiger partial charge in [0, 0.05) is 32.3 Å². The molecule has 3 rings (SSSR count). The highest BCUT2D eigenvalue weighted by Crippen LogP contribution is 2.23. The van der Waals surface area contributed by atoms with Gasteiger partial charge in [0.1, 0.15) is 23.8 Å². The van der Waals surface area contributed by atoms with Gasteiger partial charge < -0.3 is 19.7 Å². The van der Waals surface area contributed by atoms with Gasteiger partial charge in [-0.3, -0.25) is 14.3 Å². The topological polar surface area (TPSA) is 85.7 Å². The number of carbonyl (C=O) groups excluding carboxylic acids is 2. The smallest absolute Gasteiger partial charge is 0.273 e. The number of anilines is 1. The summed E-state index contributed by atoms with van der Waals surface area (Å²) < 4.78 is 12.8. The molecule has 1 heterocycles. The molecule has 1 N–H and O–H groups in total. The van der Waals surface area contributed by atoms with Gasteiger partial charge in [-0.1, -0.05) is 24.3 Å². The Labute approximate surface area is 193 Å². The van der Waals surface area contributed by atoms with E-state index in [-0.39, 0.29) is 11.8 Å². The number of benzene rings is 2. The minimum Gasteiger partial charge on any atom is -0.496 e. The van der Waals surface area contributed by atoms with Crippen LogP contribution in [-0.4, -0.2) is 47.7 Å². The SMILES string of the molecule is CCn1ncc(NC(=O)/C=C/c2ccc(OC)c(COc3ccccc3)c2)c1C(=O)N(C)C. The van der Waals surface area contributed by atoms with E-state index < -0.39 is 0 Å². The van der Waals surface area contributed by atoms with E-state index >= 15 is 0 Å². The van der Waals surface area contributed by atoms with E-state index in [0.29, 0.717) is 30.3 Å². The fourth-order valence-electron chi connectivity index (χ4n) is 3.19. The van der Waals surface area contributed by atoms with Crippen molar-refractivity contribution in [1.29, 1.82) is 0 Å². The Morgan fingerprint density at radius 1 is 1.15 bits per heavy atom. The van der Waals surface area contributed by atoms with Crippen LogP contribution in [0.5, 0.6) is 11.5 Å². The second-order valence-electron chi connectivity index (χ2n) is 7.42. The maximum atomic E-state index is 12.5. The number of amides is 2. The first kappa shape index (κ1) is 23.6. The molecule has 172 valence electrons. The number of aromatic nitrogens is 2. The van der Waals surface area contributed by atoms with Crippen LogP contribution in [0.3, 0.4) is 0 Å². The van der Waals surface area contributed by atoms with Crippen molar-refractivity contribution in [3.05, 3.63) is 77.6 Å². The number of nitrogens with one attached hydrogen (secondary N) is 1. The first-order valence-corrected chi connectivity index (χ1v) is 10.5. The molecule has 8 nitrogen and oxygen atoms in total. The molecule has 8 heteroatoms. The normalized spacial score (nSPS) is 10.8. The van der Waals surface area contributed by atoms with Gasteiger partial charge in [-0.15, -0.1) is 0 Å². The highest BCUT2D eigenvalue weighted by atomic mass is 16.5. The van der Waals surface area contributed by atoms with E-state index in [4.69, 9.17) is 9.47 Å². The van der Waals surface area contributed by atoms with Gasteiger partial charge in [0.2, 0.25) is 5.91 Å². The molecule has 0 aliphatic carbocycles. The lowest BCUT2D eigenvalue weighted by Crippen LogP contribution is -2.26. The second kappa shape index (κ2) is 11.0. The molecular weight excluding hydrogens is 420 g/mol. The summed E-state index contributed by atoms with van der Waals surface area (Å²) >= 11 is 0. The maximum absolute atomic E-state index is 12.5. The Morgan fingerprint density at radius 2 is 1.91 bits per heavy atom. The minimum absolute atomic E-state index is 0.230.